The molecule has 4 rings (SSSR count). The van der Waals surface area contributed by atoms with Crippen molar-refractivity contribution in [2.45, 2.75) is 25.6 Å². The Morgan fingerprint density at radius 3 is 2.59 bits per heavy atom. The molecule has 2 aromatic carbocycles. The number of carbonyl (C=O) groups excluding carboxylic acids is 1. The van der Waals surface area contributed by atoms with Gasteiger partial charge in [0.15, 0.2) is 23.7 Å². The van der Waals surface area contributed by atoms with Crippen LogP contribution in [-0.2, 0) is 6.42 Å². The number of hydrogen-bond donors (Lipinski definition) is 4. The first-order chi connectivity index (χ1) is 12.9. The minimum Gasteiger partial charge on any atom is -0.507 e. The van der Waals surface area contributed by atoms with Gasteiger partial charge >= 0.3 is 0 Å². The van der Waals surface area contributed by atoms with Crippen molar-refractivity contribution in [1.29, 1.82) is 0 Å². The molecule has 0 aliphatic carbocycles. The van der Waals surface area contributed by atoms with Gasteiger partial charge in [-0.3, -0.25) is 4.79 Å². The van der Waals surface area contributed by atoms with Gasteiger partial charge in [-0.2, -0.15) is 0 Å². The normalized spacial score (nSPS) is 21.3. The molecule has 2 atom stereocenters. The smallest absolute Gasteiger partial charge is 0.202 e. The first-order valence-electron chi connectivity index (χ1n) is 8.45. The number of allylic oxidation sites excluding steroid dienone is 1. The van der Waals surface area contributed by atoms with Crippen molar-refractivity contribution in [3.63, 3.8) is 0 Å². The number of aliphatic hydroxyl groups is 1. The number of rotatable bonds is 1. The van der Waals surface area contributed by atoms with Crippen molar-refractivity contribution in [2.75, 3.05) is 6.61 Å². The number of benzene rings is 2. The van der Waals surface area contributed by atoms with Gasteiger partial charge in [-0.25, -0.2) is 0 Å². The molecule has 4 N–H and O–H groups in total. The highest BCUT2D eigenvalue weighted by atomic mass is 16.5. The molecule has 0 fully saturated rings. The number of aliphatic hydroxyl groups excluding tert-OH is 1. The van der Waals surface area contributed by atoms with Gasteiger partial charge in [-0.1, -0.05) is 12.1 Å². The summed E-state index contributed by atoms with van der Waals surface area (Å²) in [6.07, 6.45) is -0.283. The lowest BCUT2D eigenvalue weighted by Gasteiger charge is -2.32. The van der Waals surface area contributed by atoms with Gasteiger partial charge in [0.2, 0.25) is 5.78 Å². The third-order valence-electron chi connectivity index (χ3n) is 4.81. The van der Waals surface area contributed by atoms with Crippen molar-refractivity contribution >= 4 is 5.78 Å². The molecule has 27 heavy (non-hydrogen) atoms. The summed E-state index contributed by atoms with van der Waals surface area (Å²) >= 11 is 0. The second-order valence-electron chi connectivity index (χ2n) is 6.72. The lowest BCUT2D eigenvalue weighted by molar-refractivity contribution is 0.0205. The molecule has 7 heteroatoms. The minimum atomic E-state index is -1.57. The lowest BCUT2D eigenvalue weighted by Crippen LogP contribution is -2.36. The summed E-state index contributed by atoms with van der Waals surface area (Å²) in [6, 6.07) is 5.28. The van der Waals surface area contributed by atoms with Gasteiger partial charge in [0.1, 0.15) is 29.4 Å². The Balaban J connectivity index is 1.85. The van der Waals surface area contributed by atoms with Gasteiger partial charge in [-0.15, -0.1) is 0 Å². The molecule has 0 radical (unpaired) electrons. The standard InChI is InChI=1S/C20H18O7/c1-9-2-4-11-15(26-8-9)7-14(23)16-17(24)18(25)19(27-20(11)16)10-3-5-12(21)13(22)6-10/h2-3,5-7,18-19,21-23,25H,4,8H2,1H3/t18-,19-/m0/s1. The number of phenolic OH excluding ortho intramolecular Hbond substituents is 3. The van der Waals surface area contributed by atoms with Crippen molar-refractivity contribution in [2.24, 2.45) is 0 Å². The number of aromatic hydroxyl groups is 3. The summed E-state index contributed by atoms with van der Waals surface area (Å²) in [6.45, 7) is 2.27. The molecule has 2 aliphatic rings. The Morgan fingerprint density at radius 2 is 1.85 bits per heavy atom. The number of Topliss-reactive ketones (excluding diaryl/α,β-unsaturated/α-hetero) is 1. The van der Waals surface area contributed by atoms with Gasteiger partial charge in [0.05, 0.1) is 0 Å². The summed E-state index contributed by atoms with van der Waals surface area (Å²) in [4.78, 5) is 12.8. The van der Waals surface area contributed by atoms with Crippen molar-refractivity contribution in [3.8, 4) is 28.7 Å². The maximum absolute atomic E-state index is 12.8. The summed E-state index contributed by atoms with van der Waals surface area (Å²) in [5.41, 5.74) is 1.83. The fraction of sp³-hybridized carbons (Fsp3) is 0.250. The molecule has 2 heterocycles. The van der Waals surface area contributed by atoms with E-state index in [1.807, 2.05) is 13.0 Å². The number of fused-ring (bicyclic) bond motifs is 3. The van der Waals surface area contributed by atoms with Crippen LogP contribution in [-0.4, -0.2) is 38.9 Å². The van der Waals surface area contributed by atoms with Crippen LogP contribution in [0, 0.1) is 0 Å². The number of phenols is 3. The van der Waals surface area contributed by atoms with E-state index in [4.69, 9.17) is 9.47 Å². The van der Waals surface area contributed by atoms with E-state index in [-0.39, 0.29) is 22.8 Å². The van der Waals surface area contributed by atoms with Crippen molar-refractivity contribution in [1.82, 2.24) is 0 Å². The third kappa shape index (κ3) is 2.76. The van der Waals surface area contributed by atoms with Crippen molar-refractivity contribution < 1.29 is 34.7 Å². The molecule has 0 bridgehead atoms. The zero-order valence-electron chi connectivity index (χ0n) is 14.5. The van der Waals surface area contributed by atoms with E-state index in [1.165, 1.54) is 24.3 Å². The molecule has 0 spiro atoms. The highest BCUT2D eigenvalue weighted by Gasteiger charge is 2.41. The van der Waals surface area contributed by atoms with Gasteiger partial charge < -0.3 is 29.9 Å². The maximum Gasteiger partial charge on any atom is 0.202 e. The van der Waals surface area contributed by atoms with Gasteiger partial charge in [0, 0.05) is 11.6 Å². The summed E-state index contributed by atoms with van der Waals surface area (Å²) in [5, 5.41) is 40.0. The number of ketones is 1. The van der Waals surface area contributed by atoms with Crippen LogP contribution < -0.4 is 9.47 Å². The summed E-state index contributed by atoms with van der Waals surface area (Å²) in [5.74, 6) is -1.15. The average molecular weight is 370 g/mol. The maximum atomic E-state index is 12.8. The molecule has 0 saturated carbocycles. The quantitative estimate of drug-likeness (QED) is 0.450. The largest absolute Gasteiger partial charge is 0.507 e. The highest BCUT2D eigenvalue weighted by Crippen LogP contribution is 2.47. The fourth-order valence-electron chi connectivity index (χ4n) is 3.32. The Bertz CT molecular complexity index is 977. The average Bonchev–Trinajstić information content (AvgIpc) is 2.82. The topological polar surface area (TPSA) is 116 Å². The summed E-state index contributed by atoms with van der Waals surface area (Å²) in [7, 11) is 0. The predicted octanol–water partition coefficient (Wildman–Crippen LogP) is 2.36. The fourth-order valence-corrected chi connectivity index (χ4v) is 3.32. The minimum absolute atomic E-state index is 0.0861. The van der Waals surface area contributed by atoms with Gasteiger partial charge in [0.25, 0.3) is 0 Å². The van der Waals surface area contributed by atoms with Crippen LogP contribution in [0.15, 0.2) is 35.9 Å². The van der Waals surface area contributed by atoms with Crippen molar-refractivity contribution in [3.05, 3.63) is 52.6 Å². The van der Waals surface area contributed by atoms with E-state index in [2.05, 4.69) is 0 Å². The number of carbonyl (C=O) groups is 1. The van der Waals surface area contributed by atoms with Crippen LogP contribution in [0.3, 0.4) is 0 Å². The molecule has 0 saturated heterocycles. The molecule has 0 amide bonds. The first kappa shape index (κ1) is 17.2. The zero-order chi connectivity index (χ0) is 19.3. The van der Waals surface area contributed by atoms with E-state index in [9.17, 15) is 25.2 Å². The van der Waals surface area contributed by atoms with E-state index in [1.54, 1.807) is 0 Å². The SMILES string of the molecule is CC1=CCc2c(cc(O)c3c2O[C@@H](c2ccc(O)c(O)c2)[C@@H](O)C3=O)OC1. The zero-order valence-corrected chi connectivity index (χ0v) is 14.5. The van der Waals surface area contributed by atoms with Crippen LogP contribution in [0.1, 0.15) is 34.5 Å². The Kier molecular flexibility index (Phi) is 3.96. The van der Waals surface area contributed by atoms with Crippen LogP contribution in [0.5, 0.6) is 28.7 Å². The molecule has 2 aromatic rings. The highest BCUT2D eigenvalue weighted by molar-refractivity contribution is 6.06. The van der Waals surface area contributed by atoms with E-state index >= 15 is 0 Å². The van der Waals surface area contributed by atoms with Crippen LogP contribution >= 0.6 is 0 Å². The molecule has 7 nitrogen and oxygen atoms in total. The molecular formula is C20H18O7. The Hall–Kier alpha value is -3.19. The molecule has 0 aromatic heterocycles. The Labute approximate surface area is 154 Å². The number of hydrogen-bond acceptors (Lipinski definition) is 7. The third-order valence-corrected chi connectivity index (χ3v) is 4.81. The second-order valence-corrected chi connectivity index (χ2v) is 6.72. The monoisotopic (exact) mass is 370 g/mol. The van der Waals surface area contributed by atoms with Gasteiger partial charge in [-0.05, 0) is 36.6 Å². The van der Waals surface area contributed by atoms with E-state index in [0.717, 1.165) is 5.57 Å². The lowest BCUT2D eigenvalue weighted by atomic mass is 9.90. The number of ether oxygens (including phenoxy) is 2. The molecule has 2 aliphatic heterocycles. The van der Waals surface area contributed by atoms with E-state index in [0.29, 0.717) is 29.9 Å². The summed E-state index contributed by atoms with van der Waals surface area (Å²) < 4.78 is 11.6. The van der Waals surface area contributed by atoms with Crippen LogP contribution in [0.4, 0.5) is 0 Å². The van der Waals surface area contributed by atoms with E-state index < -0.39 is 23.7 Å². The second kappa shape index (κ2) is 6.21. The molecule has 140 valence electrons. The molecular weight excluding hydrogens is 352 g/mol. The molecule has 0 unspecified atom stereocenters. The van der Waals surface area contributed by atoms with Crippen LogP contribution in [0.25, 0.3) is 0 Å². The van der Waals surface area contributed by atoms with Crippen LogP contribution in [0.2, 0.25) is 0 Å². The predicted molar refractivity (Wildman–Crippen MR) is 94.5 cm³/mol. The first-order valence-corrected chi connectivity index (χ1v) is 8.45. The Morgan fingerprint density at radius 1 is 1.07 bits per heavy atom.